The number of thiazole rings is 1. The summed E-state index contributed by atoms with van der Waals surface area (Å²) in [6.07, 6.45) is 1.87. The van der Waals surface area contributed by atoms with Crippen molar-refractivity contribution in [2.24, 2.45) is 5.92 Å². The number of benzene rings is 2. The summed E-state index contributed by atoms with van der Waals surface area (Å²) in [5.74, 6) is -0.785. The SMILES string of the molecule is C=C(CN(CC)CC)C(=O)CC[C@H](Cc1ccccc1)NC(=O)[C@@H](CC(C)=O)Cc1nc2ccc(Cl)cc2s1. The number of Topliss-reactive ketones (excluding diaryl/α,β-unsaturated/α-hetero) is 2. The number of halogens is 1. The van der Waals surface area contributed by atoms with Gasteiger partial charge in [0.1, 0.15) is 5.78 Å². The second kappa shape index (κ2) is 15.1. The number of carbonyl (C=O) groups is 3. The zero-order chi connectivity index (χ0) is 28.4. The van der Waals surface area contributed by atoms with Gasteiger partial charge < -0.3 is 10.1 Å². The molecule has 0 aliphatic rings. The normalized spacial score (nSPS) is 12.8. The van der Waals surface area contributed by atoms with Gasteiger partial charge in [0.15, 0.2) is 5.78 Å². The Kier molecular flexibility index (Phi) is 11.8. The molecule has 0 bridgehead atoms. The Morgan fingerprint density at radius 3 is 2.46 bits per heavy atom. The monoisotopic (exact) mass is 567 g/mol. The van der Waals surface area contributed by atoms with Gasteiger partial charge in [-0.15, -0.1) is 11.3 Å². The molecule has 39 heavy (non-hydrogen) atoms. The van der Waals surface area contributed by atoms with Gasteiger partial charge in [-0.25, -0.2) is 4.98 Å². The molecule has 0 fully saturated rings. The number of carbonyl (C=O) groups excluding carboxylic acids is 3. The predicted octanol–water partition coefficient (Wildman–Crippen LogP) is 6.06. The molecule has 0 radical (unpaired) electrons. The summed E-state index contributed by atoms with van der Waals surface area (Å²) in [5, 5.41) is 4.59. The number of aromatic nitrogens is 1. The molecule has 0 unspecified atom stereocenters. The molecule has 0 saturated heterocycles. The second-order valence-electron chi connectivity index (χ2n) is 9.95. The van der Waals surface area contributed by atoms with Crippen LogP contribution in [-0.2, 0) is 27.2 Å². The Balaban J connectivity index is 1.72. The molecule has 0 aliphatic heterocycles. The summed E-state index contributed by atoms with van der Waals surface area (Å²) < 4.78 is 0.949. The van der Waals surface area contributed by atoms with Crippen LogP contribution in [0.5, 0.6) is 0 Å². The van der Waals surface area contributed by atoms with Crippen molar-refractivity contribution in [1.29, 1.82) is 0 Å². The third kappa shape index (κ3) is 9.67. The first kappa shape index (κ1) is 30.7. The fourth-order valence-corrected chi connectivity index (χ4v) is 5.90. The van der Waals surface area contributed by atoms with E-state index in [1.54, 1.807) is 6.07 Å². The lowest BCUT2D eigenvalue weighted by Crippen LogP contribution is -2.41. The van der Waals surface area contributed by atoms with Crippen molar-refractivity contribution in [3.05, 3.63) is 76.3 Å². The minimum Gasteiger partial charge on any atom is -0.353 e. The van der Waals surface area contributed by atoms with E-state index in [0.717, 1.165) is 33.9 Å². The molecule has 1 amide bonds. The Bertz CT molecular complexity index is 1290. The number of rotatable bonds is 16. The Morgan fingerprint density at radius 2 is 1.79 bits per heavy atom. The van der Waals surface area contributed by atoms with Gasteiger partial charge in [-0.05, 0) is 56.6 Å². The highest BCUT2D eigenvalue weighted by molar-refractivity contribution is 7.18. The van der Waals surface area contributed by atoms with Crippen LogP contribution in [0.25, 0.3) is 10.2 Å². The average Bonchev–Trinajstić information content (AvgIpc) is 3.31. The van der Waals surface area contributed by atoms with Crippen LogP contribution in [0, 0.1) is 5.92 Å². The van der Waals surface area contributed by atoms with Gasteiger partial charge in [-0.2, -0.15) is 0 Å². The lowest BCUT2D eigenvalue weighted by molar-refractivity contribution is -0.129. The Morgan fingerprint density at radius 1 is 1.08 bits per heavy atom. The molecule has 2 aromatic carbocycles. The first-order valence-corrected chi connectivity index (χ1v) is 14.7. The van der Waals surface area contributed by atoms with Crippen LogP contribution in [0.4, 0.5) is 0 Å². The smallest absolute Gasteiger partial charge is 0.224 e. The van der Waals surface area contributed by atoms with Crippen LogP contribution in [0.15, 0.2) is 60.7 Å². The van der Waals surface area contributed by atoms with E-state index < -0.39 is 5.92 Å². The topological polar surface area (TPSA) is 79.4 Å². The van der Waals surface area contributed by atoms with E-state index >= 15 is 0 Å². The molecule has 6 nitrogen and oxygen atoms in total. The molecule has 2 atom stereocenters. The maximum absolute atomic E-state index is 13.5. The highest BCUT2D eigenvalue weighted by Crippen LogP contribution is 2.27. The summed E-state index contributed by atoms with van der Waals surface area (Å²) in [6.45, 7) is 11.9. The maximum atomic E-state index is 13.5. The molecule has 1 aromatic heterocycles. The minimum absolute atomic E-state index is 0.0163. The lowest BCUT2D eigenvalue weighted by Gasteiger charge is -2.23. The van der Waals surface area contributed by atoms with Gasteiger partial charge >= 0.3 is 0 Å². The molecule has 1 N–H and O–H groups in total. The summed E-state index contributed by atoms with van der Waals surface area (Å²) in [5.41, 5.74) is 2.49. The van der Waals surface area contributed by atoms with Crippen molar-refractivity contribution in [2.75, 3.05) is 19.6 Å². The molecule has 1 heterocycles. The fourth-order valence-electron chi connectivity index (χ4n) is 4.58. The van der Waals surface area contributed by atoms with Gasteiger partial charge in [0, 0.05) is 42.4 Å². The molecular formula is C31H38ClN3O3S. The van der Waals surface area contributed by atoms with Crippen molar-refractivity contribution in [1.82, 2.24) is 15.2 Å². The number of hydrogen-bond donors (Lipinski definition) is 1. The number of amides is 1. The third-order valence-electron chi connectivity index (χ3n) is 6.81. The van der Waals surface area contributed by atoms with E-state index in [-0.39, 0.29) is 29.9 Å². The predicted molar refractivity (Wildman–Crippen MR) is 160 cm³/mol. The van der Waals surface area contributed by atoms with Crippen molar-refractivity contribution in [2.45, 2.75) is 58.9 Å². The first-order chi connectivity index (χ1) is 18.7. The number of hydrogen-bond acceptors (Lipinski definition) is 6. The Labute approximate surface area is 240 Å². The summed E-state index contributed by atoms with van der Waals surface area (Å²) in [6, 6.07) is 15.2. The molecule has 0 spiro atoms. The van der Waals surface area contributed by atoms with Crippen molar-refractivity contribution in [3.63, 3.8) is 0 Å². The highest BCUT2D eigenvalue weighted by atomic mass is 35.5. The van der Waals surface area contributed by atoms with E-state index in [0.29, 0.717) is 42.8 Å². The standard InChI is InChI=1S/C31H38ClN3O3S/c1-5-35(6-2)20-21(3)28(37)15-13-26(17-23-10-8-7-9-11-23)33-31(38)24(16-22(4)36)18-30-34-27-14-12-25(32)19-29(27)39-30/h7-12,14,19,24,26H,3,5-6,13,15-18,20H2,1-2,4H3,(H,33,38)/t24-,26+/m0/s1. The molecular weight excluding hydrogens is 530 g/mol. The van der Waals surface area contributed by atoms with Gasteiger partial charge in [-0.3, -0.25) is 14.5 Å². The van der Waals surface area contributed by atoms with E-state index in [2.05, 4.69) is 35.6 Å². The number of nitrogens with zero attached hydrogens (tertiary/aromatic N) is 2. The number of nitrogens with one attached hydrogen (secondary N) is 1. The van der Waals surface area contributed by atoms with E-state index in [1.807, 2.05) is 42.5 Å². The van der Waals surface area contributed by atoms with Gasteiger partial charge in [0.05, 0.1) is 21.1 Å². The fraction of sp³-hybridized carbons (Fsp3) is 0.419. The van der Waals surface area contributed by atoms with Gasteiger partial charge in [0.2, 0.25) is 5.91 Å². The van der Waals surface area contributed by atoms with Crippen LogP contribution < -0.4 is 5.32 Å². The lowest BCUT2D eigenvalue weighted by atomic mass is 9.95. The number of likely N-dealkylation sites (N-methyl/N-ethyl adjacent to an activating group) is 1. The maximum Gasteiger partial charge on any atom is 0.224 e. The second-order valence-corrected chi connectivity index (χ2v) is 11.5. The van der Waals surface area contributed by atoms with Crippen LogP contribution in [0.3, 0.4) is 0 Å². The summed E-state index contributed by atoms with van der Waals surface area (Å²) in [7, 11) is 0. The first-order valence-electron chi connectivity index (χ1n) is 13.5. The van der Waals surface area contributed by atoms with Crippen molar-refractivity contribution >= 4 is 50.6 Å². The largest absolute Gasteiger partial charge is 0.353 e. The van der Waals surface area contributed by atoms with Crippen LogP contribution >= 0.6 is 22.9 Å². The van der Waals surface area contributed by atoms with E-state index in [1.165, 1.54) is 18.3 Å². The molecule has 0 aliphatic carbocycles. The minimum atomic E-state index is -0.551. The van der Waals surface area contributed by atoms with Crippen molar-refractivity contribution < 1.29 is 14.4 Å². The quantitative estimate of drug-likeness (QED) is 0.213. The van der Waals surface area contributed by atoms with Gasteiger partial charge in [-0.1, -0.05) is 62.4 Å². The van der Waals surface area contributed by atoms with E-state index in [9.17, 15) is 14.4 Å². The van der Waals surface area contributed by atoms with Gasteiger partial charge in [0.25, 0.3) is 0 Å². The van der Waals surface area contributed by atoms with Crippen LogP contribution in [0.1, 0.15) is 50.6 Å². The molecule has 3 aromatic rings. The Hall–Kier alpha value is -2.87. The molecule has 3 rings (SSSR count). The zero-order valence-corrected chi connectivity index (χ0v) is 24.6. The van der Waals surface area contributed by atoms with Crippen molar-refractivity contribution in [3.8, 4) is 0 Å². The average molecular weight is 568 g/mol. The summed E-state index contributed by atoms with van der Waals surface area (Å²) in [4.78, 5) is 45.3. The van der Waals surface area contributed by atoms with Crippen LogP contribution in [-0.4, -0.2) is 53.0 Å². The van der Waals surface area contributed by atoms with Crippen LogP contribution in [0.2, 0.25) is 5.02 Å². The third-order valence-corrected chi connectivity index (χ3v) is 8.09. The number of fused-ring (bicyclic) bond motifs is 1. The molecule has 208 valence electrons. The molecule has 0 saturated carbocycles. The highest BCUT2D eigenvalue weighted by Gasteiger charge is 2.26. The number of ketones is 2. The van der Waals surface area contributed by atoms with E-state index in [4.69, 9.17) is 11.6 Å². The zero-order valence-electron chi connectivity index (χ0n) is 23.0. The summed E-state index contributed by atoms with van der Waals surface area (Å²) >= 11 is 7.61. The molecule has 8 heteroatoms.